The molecule has 0 radical (unpaired) electrons. The van der Waals surface area contributed by atoms with Crippen LogP contribution in [0.3, 0.4) is 0 Å². The molecule has 10 aromatic rings. The summed E-state index contributed by atoms with van der Waals surface area (Å²) in [5.41, 5.74) is 12.3. The van der Waals surface area contributed by atoms with E-state index in [1.165, 1.54) is 98.7 Å². The lowest BCUT2D eigenvalue weighted by atomic mass is 9.79. The Balaban J connectivity index is 1.43. The monoisotopic (exact) mass is 658 g/mol. The molecule has 0 aliphatic rings. The first kappa shape index (κ1) is 30.1. The third kappa shape index (κ3) is 4.92. The van der Waals surface area contributed by atoms with E-state index in [1.54, 1.807) is 0 Å². The van der Waals surface area contributed by atoms with Gasteiger partial charge in [-0.3, -0.25) is 0 Å². The van der Waals surface area contributed by atoms with Crippen LogP contribution in [0, 0.1) is 0 Å². The molecule has 242 valence electrons. The molecule has 0 amide bonds. The maximum absolute atomic E-state index is 2.35. The summed E-state index contributed by atoms with van der Waals surface area (Å²) in [5, 5.41) is 10.0. The number of hydrogen-bond acceptors (Lipinski definition) is 0. The van der Waals surface area contributed by atoms with Crippen molar-refractivity contribution in [3.05, 3.63) is 206 Å². The van der Waals surface area contributed by atoms with Crippen molar-refractivity contribution in [3.8, 4) is 55.6 Å². The van der Waals surface area contributed by atoms with Crippen molar-refractivity contribution in [1.82, 2.24) is 0 Å². The molecule has 0 heterocycles. The van der Waals surface area contributed by atoms with Crippen molar-refractivity contribution in [2.75, 3.05) is 0 Å². The minimum absolute atomic E-state index is 1.21. The van der Waals surface area contributed by atoms with E-state index in [0.717, 1.165) is 0 Å². The van der Waals surface area contributed by atoms with Crippen LogP contribution in [-0.4, -0.2) is 0 Å². The molecule has 0 spiro atoms. The van der Waals surface area contributed by atoms with Crippen LogP contribution in [-0.2, 0) is 0 Å². The van der Waals surface area contributed by atoms with E-state index in [0.29, 0.717) is 0 Å². The van der Waals surface area contributed by atoms with Crippen LogP contribution in [0.2, 0.25) is 0 Å². The van der Waals surface area contributed by atoms with Crippen LogP contribution in [0.15, 0.2) is 206 Å². The second-order valence-electron chi connectivity index (χ2n) is 13.6. The van der Waals surface area contributed by atoms with E-state index >= 15 is 0 Å². The first-order chi connectivity index (χ1) is 25.8. The molecule has 0 nitrogen and oxygen atoms in total. The standard InChI is InChI=1S/C52H34/c1-3-17-37(18-4-1)43-27-15-31-48-49(43)51(45-26-12-11-25-42(45)40-33-32-35-16-7-8-22-39(35)34-40)47-30-14-28-44(38-19-5-2-6-20-38)50(47)52(48)46-29-13-23-36-21-9-10-24-41(36)46/h1-34H. The zero-order valence-electron chi connectivity index (χ0n) is 28.6. The average Bonchev–Trinajstić information content (AvgIpc) is 3.22. The van der Waals surface area contributed by atoms with Gasteiger partial charge in [0, 0.05) is 0 Å². The first-order valence-corrected chi connectivity index (χ1v) is 18.0. The van der Waals surface area contributed by atoms with Gasteiger partial charge in [0.15, 0.2) is 0 Å². The predicted octanol–water partition coefficient (Wildman–Crippen LogP) is 14.6. The van der Waals surface area contributed by atoms with Gasteiger partial charge < -0.3 is 0 Å². The van der Waals surface area contributed by atoms with Gasteiger partial charge in [0.1, 0.15) is 0 Å². The zero-order valence-corrected chi connectivity index (χ0v) is 28.6. The Morgan fingerprint density at radius 2 is 0.654 bits per heavy atom. The fourth-order valence-electron chi connectivity index (χ4n) is 8.36. The molecule has 10 rings (SSSR count). The predicted molar refractivity (Wildman–Crippen MR) is 224 cm³/mol. The summed E-state index contributed by atoms with van der Waals surface area (Å²) in [6, 6.07) is 75.7. The second kappa shape index (κ2) is 12.5. The molecule has 0 aliphatic heterocycles. The van der Waals surface area contributed by atoms with Gasteiger partial charge in [-0.1, -0.05) is 200 Å². The number of fused-ring (bicyclic) bond motifs is 4. The van der Waals surface area contributed by atoms with E-state index in [1.807, 2.05) is 0 Å². The molecule has 0 saturated heterocycles. The molecule has 0 aliphatic carbocycles. The Bertz CT molecular complexity index is 2930. The van der Waals surface area contributed by atoms with Gasteiger partial charge in [-0.2, -0.15) is 0 Å². The van der Waals surface area contributed by atoms with E-state index in [-0.39, 0.29) is 0 Å². The normalized spacial score (nSPS) is 11.5. The van der Waals surface area contributed by atoms with Crippen molar-refractivity contribution in [3.63, 3.8) is 0 Å². The van der Waals surface area contributed by atoms with Crippen molar-refractivity contribution in [1.29, 1.82) is 0 Å². The van der Waals surface area contributed by atoms with Gasteiger partial charge in [0.2, 0.25) is 0 Å². The van der Waals surface area contributed by atoms with E-state index in [9.17, 15) is 0 Å². The third-order valence-corrected chi connectivity index (χ3v) is 10.7. The lowest BCUT2D eigenvalue weighted by molar-refractivity contribution is 1.61. The van der Waals surface area contributed by atoms with Crippen LogP contribution in [0.25, 0.3) is 98.7 Å². The quantitative estimate of drug-likeness (QED) is 0.161. The maximum atomic E-state index is 2.35. The summed E-state index contributed by atoms with van der Waals surface area (Å²) in [4.78, 5) is 0. The number of rotatable bonds is 5. The maximum Gasteiger partial charge on any atom is -0.00137 e. The fourth-order valence-corrected chi connectivity index (χ4v) is 8.36. The van der Waals surface area contributed by atoms with Crippen molar-refractivity contribution in [2.24, 2.45) is 0 Å². The number of hydrogen-bond donors (Lipinski definition) is 0. The highest BCUT2D eigenvalue weighted by Gasteiger charge is 2.24. The molecule has 0 N–H and O–H groups in total. The molecular formula is C52H34. The summed E-state index contributed by atoms with van der Waals surface area (Å²) >= 11 is 0. The van der Waals surface area contributed by atoms with Gasteiger partial charge in [-0.25, -0.2) is 0 Å². The third-order valence-electron chi connectivity index (χ3n) is 10.7. The van der Waals surface area contributed by atoms with Crippen molar-refractivity contribution >= 4 is 43.1 Å². The lowest BCUT2D eigenvalue weighted by Gasteiger charge is -2.24. The molecule has 10 aromatic carbocycles. The topological polar surface area (TPSA) is 0 Å². The Morgan fingerprint density at radius 1 is 0.212 bits per heavy atom. The van der Waals surface area contributed by atoms with E-state index < -0.39 is 0 Å². The zero-order chi connectivity index (χ0) is 34.4. The molecule has 0 atom stereocenters. The molecular weight excluding hydrogens is 625 g/mol. The van der Waals surface area contributed by atoms with E-state index in [2.05, 4.69) is 206 Å². The molecule has 0 heteroatoms. The van der Waals surface area contributed by atoms with Crippen LogP contribution < -0.4 is 0 Å². The SMILES string of the molecule is c1ccc(-c2cccc3c(-c4cccc5ccccc45)c4c(-c5ccccc5)cccc4c(-c4ccccc4-c4ccc5ccccc5c4)c23)cc1. The number of benzene rings is 10. The van der Waals surface area contributed by atoms with Crippen molar-refractivity contribution in [2.45, 2.75) is 0 Å². The molecule has 0 aromatic heterocycles. The van der Waals surface area contributed by atoms with Crippen LogP contribution in [0.4, 0.5) is 0 Å². The minimum atomic E-state index is 1.21. The summed E-state index contributed by atoms with van der Waals surface area (Å²) in [5.74, 6) is 0. The Morgan fingerprint density at radius 3 is 1.33 bits per heavy atom. The minimum Gasteiger partial charge on any atom is -0.0622 e. The Labute approximate surface area is 303 Å². The Kier molecular flexibility index (Phi) is 7.25. The van der Waals surface area contributed by atoms with Gasteiger partial charge in [0.25, 0.3) is 0 Å². The highest BCUT2D eigenvalue weighted by Crippen LogP contribution is 2.52. The summed E-state index contributed by atoms with van der Waals surface area (Å²) in [6.45, 7) is 0. The molecule has 0 fully saturated rings. The summed E-state index contributed by atoms with van der Waals surface area (Å²) < 4.78 is 0. The summed E-state index contributed by atoms with van der Waals surface area (Å²) in [6.07, 6.45) is 0. The van der Waals surface area contributed by atoms with Crippen LogP contribution in [0.1, 0.15) is 0 Å². The van der Waals surface area contributed by atoms with Gasteiger partial charge in [-0.05, 0) is 105 Å². The molecule has 0 bridgehead atoms. The smallest absolute Gasteiger partial charge is 0.00137 e. The molecule has 0 unspecified atom stereocenters. The van der Waals surface area contributed by atoms with Gasteiger partial charge in [-0.15, -0.1) is 0 Å². The molecule has 52 heavy (non-hydrogen) atoms. The van der Waals surface area contributed by atoms with E-state index in [4.69, 9.17) is 0 Å². The molecule has 0 saturated carbocycles. The first-order valence-electron chi connectivity index (χ1n) is 18.0. The largest absolute Gasteiger partial charge is 0.0622 e. The highest BCUT2D eigenvalue weighted by molar-refractivity contribution is 6.29. The van der Waals surface area contributed by atoms with Crippen LogP contribution >= 0.6 is 0 Å². The second-order valence-corrected chi connectivity index (χ2v) is 13.6. The average molecular weight is 659 g/mol. The van der Waals surface area contributed by atoms with Gasteiger partial charge in [0.05, 0.1) is 0 Å². The van der Waals surface area contributed by atoms with Crippen LogP contribution in [0.5, 0.6) is 0 Å². The fraction of sp³-hybridized carbons (Fsp3) is 0. The summed E-state index contributed by atoms with van der Waals surface area (Å²) in [7, 11) is 0. The van der Waals surface area contributed by atoms with Crippen molar-refractivity contribution < 1.29 is 0 Å². The highest BCUT2D eigenvalue weighted by atomic mass is 14.3. The Hall–Kier alpha value is -6.76. The lowest BCUT2D eigenvalue weighted by Crippen LogP contribution is -1.96. The van der Waals surface area contributed by atoms with Gasteiger partial charge >= 0.3 is 0 Å².